The zero-order chi connectivity index (χ0) is 16.0. The van der Waals surface area contributed by atoms with Crippen molar-refractivity contribution < 1.29 is 4.79 Å². The summed E-state index contributed by atoms with van der Waals surface area (Å²) in [7, 11) is 0. The second-order valence-electron chi connectivity index (χ2n) is 6.09. The highest BCUT2D eigenvalue weighted by Gasteiger charge is 2.29. The van der Waals surface area contributed by atoms with Gasteiger partial charge in [0.2, 0.25) is 0 Å². The van der Waals surface area contributed by atoms with Crippen LogP contribution in [0.4, 0.5) is 5.69 Å². The number of rotatable bonds is 2. The number of para-hydroxylation sites is 2. The molecule has 0 saturated heterocycles. The van der Waals surface area contributed by atoms with E-state index < -0.39 is 0 Å². The van der Waals surface area contributed by atoms with Crippen molar-refractivity contribution in [2.24, 2.45) is 0 Å². The number of anilines is 1. The van der Waals surface area contributed by atoms with Crippen LogP contribution in [0.1, 0.15) is 24.2 Å². The lowest BCUT2D eigenvalue weighted by molar-refractivity contribution is -0.121. The maximum absolute atomic E-state index is 13.0. The van der Waals surface area contributed by atoms with Gasteiger partial charge in [0.25, 0.3) is 5.91 Å². The van der Waals surface area contributed by atoms with E-state index in [4.69, 9.17) is 0 Å². The van der Waals surface area contributed by atoms with Crippen molar-refractivity contribution in [3.63, 3.8) is 0 Å². The van der Waals surface area contributed by atoms with Gasteiger partial charge in [-0.2, -0.15) is 5.10 Å². The molecule has 4 heteroatoms. The predicted molar refractivity (Wildman–Crippen MR) is 91.7 cm³/mol. The number of benzene rings is 2. The summed E-state index contributed by atoms with van der Waals surface area (Å²) in [5.74, 6) is 0.100. The summed E-state index contributed by atoms with van der Waals surface area (Å²) in [6.07, 6.45) is 0.924. The molecule has 0 bridgehead atoms. The van der Waals surface area contributed by atoms with Gasteiger partial charge in [0.1, 0.15) is 6.04 Å². The molecule has 1 amide bonds. The van der Waals surface area contributed by atoms with Gasteiger partial charge in [-0.1, -0.05) is 36.4 Å². The van der Waals surface area contributed by atoms with Gasteiger partial charge in [0.05, 0.1) is 11.2 Å². The Morgan fingerprint density at radius 2 is 1.87 bits per heavy atom. The number of nitrogens with zero attached hydrogens (tertiary/aromatic N) is 3. The molecule has 116 valence electrons. The van der Waals surface area contributed by atoms with Crippen molar-refractivity contribution in [2.75, 3.05) is 11.4 Å². The molecule has 1 unspecified atom stereocenters. The van der Waals surface area contributed by atoms with Crippen LogP contribution in [0.2, 0.25) is 0 Å². The van der Waals surface area contributed by atoms with Crippen molar-refractivity contribution >= 4 is 22.5 Å². The first-order valence-electron chi connectivity index (χ1n) is 8.00. The minimum absolute atomic E-state index is 0.100. The predicted octanol–water partition coefficient (Wildman–Crippen LogP) is 3.50. The number of amides is 1. The van der Waals surface area contributed by atoms with E-state index in [0.717, 1.165) is 35.2 Å². The Morgan fingerprint density at radius 3 is 2.74 bits per heavy atom. The van der Waals surface area contributed by atoms with Crippen LogP contribution in [0.25, 0.3) is 10.9 Å². The molecule has 3 aromatic rings. The molecule has 0 fully saturated rings. The van der Waals surface area contributed by atoms with Crippen LogP contribution in [0.15, 0.2) is 48.5 Å². The van der Waals surface area contributed by atoms with Crippen LogP contribution in [0.5, 0.6) is 0 Å². The largest absolute Gasteiger partial charge is 0.310 e. The average molecular weight is 305 g/mol. The number of hydrogen-bond acceptors (Lipinski definition) is 2. The maximum Gasteiger partial charge on any atom is 0.251 e. The van der Waals surface area contributed by atoms with Crippen LogP contribution < -0.4 is 4.90 Å². The molecular formula is C19H19N3O. The first-order chi connectivity index (χ1) is 11.2. The van der Waals surface area contributed by atoms with E-state index in [0.29, 0.717) is 0 Å². The summed E-state index contributed by atoms with van der Waals surface area (Å²) in [6, 6.07) is 15.9. The molecule has 0 aliphatic carbocycles. The van der Waals surface area contributed by atoms with E-state index in [2.05, 4.69) is 17.2 Å². The summed E-state index contributed by atoms with van der Waals surface area (Å²) in [6.45, 7) is 4.67. The second-order valence-corrected chi connectivity index (χ2v) is 6.09. The zero-order valence-corrected chi connectivity index (χ0v) is 13.4. The van der Waals surface area contributed by atoms with Crippen molar-refractivity contribution in [1.82, 2.24) is 9.78 Å². The van der Waals surface area contributed by atoms with Gasteiger partial charge in [-0.15, -0.1) is 0 Å². The fraction of sp³-hybridized carbons (Fsp3) is 0.263. The van der Waals surface area contributed by atoms with Gasteiger partial charge in [-0.25, -0.2) is 0 Å². The SMILES string of the molecule is Cc1nn(C(C)C(=O)N2CCc3ccccc32)c2ccccc12. The number of fused-ring (bicyclic) bond motifs is 2. The molecule has 0 N–H and O–H groups in total. The monoisotopic (exact) mass is 305 g/mol. The molecule has 1 aromatic heterocycles. The molecule has 1 aliphatic heterocycles. The molecule has 4 rings (SSSR count). The third-order valence-electron chi connectivity index (χ3n) is 4.68. The van der Waals surface area contributed by atoms with E-state index in [-0.39, 0.29) is 11.9 Å². The highest BCUT2D eigenvalue weighted by atomic mass is 16.2. The molecule has 0 spiro atoms. The van der Waals surface area contributed by atoms with Crippen LogP contribution >= 0.6 is 0 Å². The van der Waals surface area contributed by atoms with Crippen molar-refractivity contribution in [1.29, 1.82) is 0 Å². The van der Waals surface area contributed by atoms with E-state index in [1.807, 2.05) is 59.8 Å². The Labute approximate surface area is 135 Å². The number of aryl methyl sites for hydroxylation is 1. The van der Waals surface area contributed by atoms with Crippen LogP contribution in [-0.4, -0.2) is 22.2 Å². The first-order valence-corrected chi connectivity index (χ1v) is 8.00. The average Bonchev–Trinajstić information content (AvgIpc) is 3.16. The molecule has 1 atom stereocenters. The van der Waals surface area contributed by atoms with E-state index in [1.165, 1.54) is 5.56 Å². The molecule has 0 radical (unpaired) electrons. The summed E-state index contributed by atoms with van der Waals surface area (Å²) >= 11 is 0. The fourth-order valence-corrected chi connectivity index (χ4v) is 3.44. The van der Waals surface area contributed by atoms with Crippen LogP contribution in [0, 0.1) is 6.92 Å². The number of aromatic nitrogens is 2. The van der Waals surface area contributed by atoms with Crippen molar-refractivity contribution in [3.05, 3.63) is 59.8 Å². The Balaban J connectivity index is 1.72. The highest BCUT2D eigenvalue weighted by molar-refractivity contribution is 5.98. The minimum Gasteiger partial charge on any atom is -0.310 e. The fourth-order valence-electron chi connectivity index (χ4n) is 3.44. The molecule has 0 saturated carbocycles. The van der Waals surface area contributed by atoms with Gasteiger partial charge in [0.15, 0.2) is 0 Å². The van der Waals surface area contributed by atoms with Gasteiger partial charge >= 0.3 is 0 Å². The Kier molecular flexibility index (Phi) is 3.18. The molecule has 1 aliphatic rings. The molecule has 4 nitrogen and oxygen atoms in total. The smallest absolute Gasteiger partial charge is 0.251 e. The molecule has 2 heterocycles. The van der Waals surface area contributed by atoms with Crippen LogP contribution in [-0.2, 0) is 11.2 Å². The number of carbonyl (C=O) groups is 1. The lowest BCUT2D eigenvalue weighted by atomic mass is 10.2. The van der Waals surface area contributed by atoms with E-state index >= 15 is 0 Å². The number of hydrogen-bond donors (Lipinski definition) is 0. The standard InChI is InChI=1S/C19H19N3O/c1-13-16-8-4-6-10-18(16)22(20-13)14(2)19(23)21-12-11-15-7-3-5-9-17(15)21/h3-10,14H,11-12H2,1-2H3. The Morgan fingerprint density at radius 1 is 1.13 bits per heavy atom. The molecular weight excluding hydrogens is 286 g/mol. The van der Waals surface area contributed by atoms with E-state index in [1.54, 1.807) is 0 Å². The summed E-state index contributed by atoms with van der Waals surface area (Å²) in [4.78, 5) is 14.9. The number of carbonyl (C=O) groups excluding carboxylic acids is 1. The summed E-state index contributed by atoms with van der Waals surface area (Å²) < 4.78 is 1.86. The summed E-state index contributed by atoms with van der Waals surface area (Å²) in [5, 5.41) is 5.71. The second kappa shape index (κ2) is 5.23. The summed E-state index contributed by atoms with van der Waals surface area (Å²) in [5.41, 5.74) is 4.26. The quantitative estimate of drug-likeness (QED) is 0.727. The van der Waals surface area contributed by atoms with E-state index in [9.17, 15) is 4.79 Å². The lowest BCUT2D eigenvalue weighted by Gasteiger charge is -2.22. The zero-order valence-electron chi connectivity index (χ0n) is 13.4. The van der Waals surface area contributed by atoms with Crippen molar-refractivity contribution in [3.8, 4) is 0 Å². The molecule has 2 aromatic carbocycles. The van der Waals surface area contributed by atoms with Gasteiger partial charge in [0, 0.05) is 17.6 Å². The normalized spacial score (nSPS) is 15.0. The van der Waals surface area contributed by atoms with Crippen LogP contribution in [0.3, 0.4) is 0 Å². The molecule has 23 heavy (non-hydrogen) atoms. The topological polar surface area (TPSA) is 38.1 Å². The van der Waals surface area contributed by atoms with Gasteiger partial charge in [-0.05, 0) is 38.0 Å². The lowest BCUT2D eigenvalue weighted by Crippen LogP contribution is -2.35. The highest BCUT2D eigenvalue weighted by Crippen LogP contribution is 2.30. The van der Waals surface area contributed by atoms with Crippen molar-refractivity contribution in [2.45, 2.75) is 26.3 Å². The third-order valence-corrected chi connectivity index (χ3v) is 4.68. The maximum atomic E-state index is 13.0. The Bertz CT molecular complexity index is 897. The minimum atomic E-state index is -0.320. The van der Waals surface area contributed by atoms with Gasteiger partial charge in [-0.3, -0.25) is 9.48 Å². The first kappa shape index (κ1) is 14.0. The third kappa shape index (κ3) is 2.13. The Hall–Kier alpha value is -2.62. The van der Waals surface area contributed by atoms with Gasteiger partial charge < -0.3 is 4.90 Å².